The van der Waals surface area contributed by atoms with Gasteiger partial charge in [-0.1, -0.05) is 32.3 Å². The summed E-state index contributed by atoms with van der Waals surface area (Å²) in [5.74, 6) is -2.10. The number of nitrogens with two attached hydrogens (primary N) is 1. The summed E-state index contributed by atoms with van der Waals surface area (Å²) in [7, 11) is 0. The number of anilines is 1. The molecule has 1 saturated carbocycles. The SMILES string of the molecule is CC1(CN2CCC(N=C/C(=C\N)CNc3cccc4c3C(=O)N(C3CCC(=O)NC3=O)C4=O)CC2)CCCCC1. The summed E-state index contributed by atoms with van der Waals surface area (Å²) in [6.07, 6.45) is 12.3. The maximum Gasteiger partial charge on any atom is 0.264 e. The number of fused-ring (bicyclic) bond motifs is 1. The molecule has 3 heterocycles. The first-order chi connectivity index (χ1) is 19.3. The molecule has 10 heteroatoms. The Balaban J connectivity index is 1.16. The number of rotatable bonds is 8. The second-order valence-corrected chi connectivity index (χ2v) is 11.9. The van der Waals surface area contributed by atoms with Crippen LogP contribution in [0, 0.1) is 5.41 Å². The van der Waals surface area contributed by atoms with E-state index >= 15 is 0 Å². The number of nitrogens with zero attached hydrogens (tertiary/aromatic N) is 3. The summed E-state index contributed by atoms with van der Waals surface area (Å²) < 4.78 is 0. The highest BCUT2D eigenvalue weighted by atomic mass is 16.2. The average Bonchev–Trinajstić information content (AvgIpc) is 3.20. The summed E-state index contributed by atoms with van der Waals surface area (Å²) in [4.78, 5) is 58.7. The molecule has 1 aliphatic carbocycles. The molecule has 2 saturated heterocycles. The van der Waals surface area contributed by atoms with Crippen molar-refractivity contribution >= 4 is 35.5 Å². The van der Waals surface area contributed by atoms with Crippen LogP contribution in [0.3, 0.4) is 0 Å². The molecule has 0 aromatic heterocycles. The number of amides is 4. The van der Waals surface area contributed by atoms with E-state index in [0.717, 1.165) is 36.4 Å². The molecule has 4 N–H and O–H groups in total. The van der Waals surface area contributed by atoms with E-state index in [1.165, 1.54) is 44.8 Å². The standard InChI is InChI=1S/C30H40N6O4/c1-30(12-3-2-4-13-30)19-35-14-10-21(11-15-35)32-17-20(16-31)18-33-23-7-5-6-22-26(23)29(40)36(28(22)39)24-8-9-25(37)34-27(24)38/h5-7,16-17,21,24,33H,2-4,8-15,18-19,31H2,1H3,(H,34,37,38)/b20-16+,32-17?. The number of nitrogens with one attached hydrogen (secondary N) is 2. The lowest BCUT2D eigenvalue weighted by atomic mass is 9.75. The minimum Gasteiger partial charge on any atom is -0.404 e. The molecule has 40 heavy (non-hydrogen) atoms. The molecule has 1 aromatic rings. The molecule has 0 radical (unpaired) electrons. The summed E-state index contributed by atoms with van der Waals surface area (Å²) in [6.45, 7) is 6.08. The van der Waals surface area contributed by atoms with Gasteiger partial charge in [0.1, 0.15) is 6.04 Å². The van der Waals surface area contributed by atoms with Crippen molar-refractivity contribution < 1.29 is 19.2 Å². The van der Waals surface area contributed by atoms with E-state index in [9.17, 15) is 19.2 Å². The van der Waals surface area contributed by atoms with Crippen molar-refractivity contribution in [1.82, 2.24) is 15.1 Å². The number of hydrogen-bond acceptors (Lipinski definition) is 8. The molecular weight excluding hydrogens is 508 g/mol. The molecule has 1 unspecified atom stereocenters. The van der Waals surface area contributed by atoms with Crippen molar-refractivity contribution in [3.8, 4) is 0 Å². The second kappa shape index (κ2) is 11.9. The van der Waals surface area contributed by atoms with E-state index < -0.39 is 29.7 Å². The Labute approximate surface area is 235 Å². The highest BCUT2D eigenvalue weighted by molar-refractivity contribution is 6.25. The van der Waals surface area contributed by atoms with E-state index in [1.807, 2.05) is 6.21 Å². The Morgan fingerprint density at radius 1 is 1.10 bits per heavy atom. The van der Waals surface area contributed by atoms with Crippen LogP contribution in [-0.4, -0.2) is 77.9 Å². The molecule has 5 rings (SSSR count). The Bertz CT molecular complexity index is 1230. The van der Waals surface area contributed by atoms with Crippen molar-refractivity contribution in [2.75, 3.05) is 31.5 Å². The maximum atomic E-state index is 13.3. The van der Waals surface area contributed by atoms with E-state index in [0.29, 0.717) is 17.6 Å². The largest absolute Gasteiger partial charge is 0.404 e. The number of carbonyl (C=O) groups excluding carboxylic acids is 4. The van der Waals surface area contributed by atoms with Gasteiger partial charge in [0, 0.05) is 56.3 Å². The molecule has 4 aliphatic rings. The number of piperidine rings is 2. The van der Waals surface area contributed by atoms with Crippen molar-refractivity contribution in [1.29, 1.82) is 0 Å². The van der Waals surface area contributed by atoms with Crippen LogP contribution in [0.1, 0.15) is 85.4 Å². The number of hydrogen-bond donors (Lipinski definition) is 3. The first-order valence-corrected chi connectivity index (χ1v) is 14.5. The van der Waals surface area contributed by atoms with Gasteiger partial charge in [0.2, 0.25) is 11.8 Å². The van der Waals surface area contributed by atoms with E-state index in [1.54, 1.807) is 18.2 Å². The molecule has 10 nitrogen and oxygen atoms in total. The Kier molecular flexibility index (Phi) is 8.35. The Morgan fingerprint density at radius 3 is 2.55 bits per heavy atom. The minimum atomic E-state index is -0.999. The van der Waals surface area contributed by atoms with Crippen molar-refractivity contribution in [2.45, 2.75) is 76.8 Å². The summed E-state index contributed by atoms with van der Waals surface area (Å²) in [6, 6.07) is 4.26. The van der Waals surface area contributed by atoms with Crippen molar-refractivity contribution in [2.24, 2.45) is 16.1 Å². The molecule has 0 spiro atoms. The van der Waals surface area contributed by atoms with Gasteiger partial charge in [-0.05, 0) is 49.7 Å². The first-order valence-electron chi connectivity index (χ1n) is 14.5. The number of aliphatic imine (C=N–C) groups is 1. The van der Waals surface area contributed by atoms with Crippen LogP contribution in [0.25, 0.3) is 0 Å². The quantitative estimate of drug-likeness (QED) is 0.336. The summed E-state index contributed by atoms with van der Waals surface area (Å²) in [5, 5.41) is 5.45. The Hall–Kier alpha value is -3.53. The fraction of sp³-hybridized carbons (Fsp3) is 0.567. The van der Waals surface area contributed by atoms with Crippen LogP contribution in [0.4, 0.5) is 5.69 Å². The lowest BCUT2D eigenvalue weighted by Gasteiger charge is -2.40. The summed E-state index contributed by atoms with van der Waals surface area (Å²) >= 11 is 0. The van der Waals surface area contributed by atoms with Gasteiger partial charge in [0.25, 0.3) is 11.8 Å². The predicted octanol–water partition coefficient (Wildman–Crippen LogP) is 2.85. The van der Waals surface area contributed by atoms with Gasteiger partial charge in [0.15, 0.2) is 0 Å². The zero-order valence-corrected chi connectivity index (χ0v) is 23.3. The number of carbonyl (C=O) groups is 4. The van der Waals surface area contributed by atoms with Crippen molar-refractivity contribution in [3.63, 3.8) is 0 Å². The molecule has 3 aliphatic heterocycles. The monoisotopic (exact) mass is 548 g/mol. The third-order valence-electron chi connectivity index (χ3n) is 8.84. The van der Waals surface area contributed by atoms with E-state index in [-0.39, 0.29) is 30.0 Å². The topological polar surface area (TPSA) is 137 Å². The van der Waals surface area contributed by atoms with Gasteiger partial charge in [-0.3, -0.25) is 34.4 Å². The number of imide groups is 2. The highest BCUT2D eigenvalue weighted by Crippen LogP contribution is 2.37. The van der Waals surface area contributed by atoms with Gasteiger partial charge in [-0.2, -0.15) is 0 Å². The van der Waals surface area contributed by atoms with Gasteiger partial charge in [-0.15, -0.1) is 0 Å². The fourth-order valence-electron chi connectivity index (χ4n) is 6.54. The summed E-state index contributed by atoms with van der Waals surface area (Å²) in [5.41, 5.74) is 8.08. The Morgan fingerprint density at radius 2 is 1.85 bits per heavy atom. The zero-order valence-electron chi connectivity index (χ0n) is 23.3. The van der Waals surface area contributed by atoms with Crippen LogP contribution in [0.5, 0.6) is 0 Å². The molecule has 1 atom stereocenters. The van der Waals surface area contributed by atoms with E-state index in [4.69, 9.17) is 10.7 Å². The molecule has 214 valence electrons. The number of benzene rings is 1. The predicted molar refractivity (Wildman–Crippen MR) is 153 cm³/mol. The number of likely N-dealkylation sites (tertiary alicyclic amines) is 1. The van der Waals surface area contributed by atoms with Crippen LogP contribution in [0.15, 0.2) is 35.0 Å². The first kappa shape index (κ1) is 28.0. The lowest BCUT2D eigenvalue weighted by molar-refractivity contribution is -0.136. The smallest absolute Gasteiger partial charge is 0.264 e. The molecule has 3 fully saturated rings. The van der Waals surface area contributed by atoms with Crippen LogP contribution < -0.4 is 16.4 Å². The van der Waals surface area contributed by atoms with Crippen molar-refractivity contribution in [3.05, 3.63) is 41.1 Å². The van der Waals surface area contributed by atoms with Gasteiger partial charge in [0.05, 0.1) is 17.2 Å². The molecule has 4 amide bonds. The fourth-order valence-corrected chi connectivity index (χ4v) is 6.54. The molecule has 0 bridgehead atoms. The van der Waals surface area contributed by atoms with Crippen LogP contribution >= 0.6 is 0 Å². The van der Waals surface area contributed by atoms with E-state index in [2.05, 4.69) is 22.5 Å². The van der Waals surface area contributed by atoms with Gasteiger partial charge in [-0.25, -0.2) is 0 Å². The van der Waals surface area contributed by atoms with Crippen LogP contribution in [0.2, 0.25) is 0 Å². The second-order valence-electron chi connectivity index (χ2n) is 11.9. The normalized spacial score (nSPS) is 24.5. The third kappa shape index (κ3) is 5.96. The molecule has 1 aromatic carbocycles. The molecular formula is C30H40N6O4. The maximum absolute atomic E-state index is 13.3. The van der Waals surface area contributed by atoms with Gasteiger partial charge >= 0.3 is 0 Å². The minimum absolute atomic E-state index is 0.0807. The van der Waals surface area contributed by atoms with Gasteiger partial charge < -0.3 is 16.0 Å². The average molecular weight is 549 g/mol. The van der Waals surface area contributed by atoms with Crippen LogP contribution in [-0.2, 0) is 9.59 Å². The lowest BCUT2D eigenvalue weighted by Crippen LogP contribution is -2.54. The highest BCUT2D eigenvalue weighted by Gasteiger charge is 2.45. The zero-order chi connectivity index (χ0) is 28.3. The third-order valence-corrected chi connectivity index (χ3v) is 8.84.